The first-order chi connectivity index (χ1) is 6.27. The lowest BCUT2D eigenvalue weighted by atomic mass is 10.4. The number of hydrogen-bond acceptors (Lipinski definition) is 3. The Bertz CT molecular complexity index is 389. The van der Waals surface area contributed by atoms with Crippen molar-refractivity contribution in [2.75, 3.05) is 0 Å². The van der Waals surface area contributed by atoms with Crippen LogP contribution in [0, 0.1) is 13.8 Å². The second-order valence-corrected chi connectivity index (χ2v) is 3.95. The van der Waals surface area contributed by atoms with Crippen LogP contribution in [-0.4, -0.2) is 14.5 Å². The number of thiazole rings is 1. The molecule has 0 spiro atoms. The molecule has 4 heteroatoms. The quantitative estimate of drug-likeness (QED) is 0.730. The van der Waals surface area contributed by atoms with Gasteiger partial charge in [-0.25, -0.2) is 9.97 Å². The van der Waals surface area contributed by atoms with Gasteiger partial charge in [0.05, 0.1) is 18.6 Å². The van der Waals surface area contributed by atoms with E-state index in [1.54, 1.807) is 11.3 Å². The molecule has 3 nitrogen and oxygen atoms in total. The summed E-state index contributed by atoms with van der Waals surface area (Å²) in [5.41, 5.74) is 2.31. The predicted octanol–water partition coefficient (Wildman–Crippen LogP) is 2.00. The number of nitrogens with zero attached hydrogens (tertiary/aromatic N) is 3. The third-order valence-corrected chi connectivity index (χ3v) is 2.90. The maximum absolute atomic E-state index is 4.24. The minimum atomic E-state index is 0.838. The van der Waals surface area contributed by atoms with Gasteiger partial charge in [-0.3, -0.25) is 0 Å². The van der Waals surface area contributed by atoms with E-state index in [-0.39, 0.29) is 0 Å². The first-order valence-corrected chi connectivity index (χ1v) is 5.02. The van der Waals surface area contributed by atoms with Gasteiger partial charge in [-0.2, -0.15) is 0 Å². The van der Waals surface area contributed by atoms with E-state index >= 15 is 0 Å². The highest BCUT2D eigenvalue weighted by atomic mass is 32.1. The third-order valence-electron chi connectivity index (χ3n) is 2.13. The van der Waals surface area contributed by atoms with E-state index in [2.05, 4.69) is 21.5 Å². The van der Waals surface area contributed by atoms with Crippen molar-refractivity contribution in [3.05, 3.63) is 34.3 Å². The van der Waals surface area contributed by atoms with Crippen molar-refractivity contribution in [3.8, 4) is 0 Å². The smallest absolute Gasteiger partial charge is 0.112 e. The molecule has 0 atom stereocenters. The molecule has 0 radical (unpaired) electrons. The molecule has 2 heterocycles. The largest absolute Gasteiger partial charge is 0.328 e. The Labute approximate surface area is 81.1 Å². The molecule has 2 aromatic heterocycles. The monoisotopic (exact) mass is 193 g/mol. The predicted molar refractivity (Wildman–Crippen MR) is 52.9 cm³/mol. The zero-order valence-electron chi connectivity index (χ0n) is 7.69. The summed E-state index contributed by atoms with van der Waals surface area (Å²) in [7, 11) is 0. The van der Waals surface area contributed by atoms with Gasteiger partial charge in [0.2, 0.25) is 0 Å². The van der Waals surface area contributed by atoms with Crippen molar-refractivity contribution >= 4 is 11.3 Å². The van der Waals surface area contributed by atoms with Crippen LogP contribution in [0.15, 0.2) is 17.9 Å². The summed E-state index contributed by atoms with van der Waals surface area (Å²) in [6, 6.07) is 0. The Morgan fingerprint density at radius 2 is 2.23 bits per heavy atom. The number of rotatable bonds is 2. The van der Waals surface area contributed by atoms with E-state index in [1.165, 1.54) is 5.69 Å². The number of aryl methyl sites for hydroxylation is 1. The van der Waals surface area contributed by atoms with E-state index in [1.807, 2.05) is 24.8 Å². The molecule has 0 aromatic carbocycles. The number of hydrogen-bond donors (Lipinski definition) is 0. The lowest BCUT2D eigenvalue weighted by Crippen LogP contribution is -1.99. The normalized spacial score (nSPS) is 10.6. The molecule has 68 valence electrons. The summed E-state index contributed by atoms with van der Waals surface area (Å²) < 4.78 is 2.12. The number of aromatic nitrogens is 3. The molecule has 0 aliphatic heterocycles. The molecule has 0 amide bonds. The van der Waals surface area contributed by atoms with Crippen LogP contribution in [0.3, 0.4) is 0 Å². The van der Waals surface area contributed by atoms with Crippen molar-refractivity contribution in [2.24, 2.45) is 0 Å². The van der Waals surface area contributed by atoms with Crippen LogP contribution in [0.4, 0.5) is 0 Å². The van der Waals surface area contributed by atoms with Crippen LogP contribution in [-0.2, 0) is 6.54 Å². The fourth-order valence-electron chi connectivity index (χ4n) is 1.18. The molecule has 0 saturated heterocycles. The van der Waals surface area contributed by atoms with Crippen LogP contribution in [0.25, 0.3) is 0 Å². The van der Waals surface area contributed by atoms with Crippen LogP contribution in [0.1, 0.15) is 16.4 Å². The first-order valence-electron chi connectivity index (χ1n) is 4.14. The van der Waals surface area contributed by atoms with Gasteiger partial charge >= 0.3 is 0 Å². The van der Waals surface area contributed by atoms with Gasteiger partial charge in [-0.15, -0.1) is 11.3 Å². The van der Waals surface area contributed by atoms with Gasteiger partial charge in [-0.05, 0) is 13.8 Å². The zero-order valence-corrected chi connectivity index (χ0v) is 8.51. The molecule has 13 heavy (non-hydrogen) atoms. The van der Waals surface area contributed by atoms with Gasteiger partial charge in [0.25, 0.3) is 0 Å². The molecule has 0 N–H and O–H groups in total. The summed E-state index contributed by atoms with van der Waals surface area (Å²) in [6.45, 7) is 4.94. The Balaban J connectivity index is 2.24. The van der Waals surface area contributed by atoms with E-state index in [0.717, 1.165) is 17.2 Å². The molecule has 0 fully saturated rings. The van der Waals surface area contributed by atoms with Crippen molar-refractivity contribution in [1.29, 1.82) is 0 Å². The summed E-state index contributed by atoms with van der Waals surface area (Å²) in [6.07, 6.45) is 3.70. The minimum absolute atomic E-state index is 0.838. The van der Waals surface area contributed by atoms with Crippen LogP contribution in [0.5, 0.6) is 0 Å². The lowest BCUT2D eigenvalue weighted by molar-refractivity contribution is 0.763. The minimum Gasteiger partial charge on any atom is -0.328 e. The summed E-state index contributed by atoms with van der Waals surface area (Å²) in [5.74, 6) is 0. The first kappa shape index (κ1) is 8.44. The van der Waals surface area contributed by atoms with Crippen molar-refractivity contribution in [3.63, 3.8) is 0 Å². The molecular formula is C9H11N3S. The highest BCUT2D eigenvalue weighted by Crippen LogP contribution is 2.10. The van der Waals surface area contributed by atoms with Gasteiger partial charge in [0.1, 0.15) is 5.01 Å². The van der Waals surface area contributed by atoms with Crippen LogP contribution < -0.4 is 0 Å². The average Bonchev–Trinajstić information content (AvgIpc) is 2.71. The Hall–Kier alpha value is -1.16. The van der Waals surface area contributed by atoms with E-state index in [9.17, 15) is 0 Å². The summed E-state index contributed by atoms with van der Waals surface area (Å²) >= 11 is 1.68. The second kappa shape index (κ2) is 3.30. The molecule has 0 aliphatic rings. The fraction of sp³-hybridized carbons (Fsp3) is 0.333. The van der Waals surface area contributed by atoms with E-state index in [0.29, 0.717) is 0 Å². The highest BCUT2D eigenvalue weighted by molar-refractivity contribution is 7.09. The molecule has 0 bridgehead atoms. The molecule has 2 rings (SSSR count). The second-order valence-electron chi connectivity index (χ2n) is 2.97. The van der Waals surface area contributed by atoms with Crippen molar-refractivity contribution in [2.45, 2.75) is 20.4 Å². The van der Waals surface area contributed by atoms with Crippen LogP contribution in [0.2, 0.25) is 0 Å². The maximum Gasteiger partial charge on any atom is 0.112 e. The molecule has 2 aromatic rings. The maximum atomic E-state index is 4.24. The van der Waals surface area contributed by atoms with Crippen molar-refractivity contribution in [1.82, 2.24) is 14.5 Å². The molecule has 0 unspecified atom stereocenters. The molecular weight excluding hydrogens is 182 g/mol. The fourth-order valence-corrected chi connectivity index (χ4v) is 1.79. The molecule has 0 aliphatic carbocycles. The van der Waals surface area contributed by atoms with Gasteiger partial charge < -0.3 is 4.57 Å². The van der Waals surface area contributed by atoms with Gasteiger partial charge in [0, 0.05) is 17.3 Å². The zero-order chi connectivity index (χ0) is 9.26. The van der Waals surface area contributed by atoms with Crippen molar-refractivity contribution < 1.29 is 0 Å². The average molecular weight is 193 g/mol. The van der Waals surface area contributed by atoms with Gasteiger partial charge in [0.15, 0.2) is 0 Å². The van der Waals surface area contributed by atoms with Crippen LogP contribution >= 0.6 is 11.3 Å². The highest BCUT2D eigenvalue weighted by Gasteiger charge is 2.03. The number of imidazole rings is 1. The summed E-state index contributed by atoms with van der Waals surface area (Å²) in [4.78, 5) is 8.47. The lowest BCUT2D eigenvalue weighted by Gasteiger charge is -2.01. The van der Waals surface area contributed by atoms with Gasteiger partial charge in [-0.1, -0.05) is 0 Å². The standard InChI is InChI=1S/C9H11N3S/c1-7-8(2)12(6-11-7)5-9-10-3-4-13-9/h3-4,6H,5H2,1-2H3. The Kier molecular flexibility index (Phi) is 2.14. The molecule has 0 saturated carbocycles. The topological polar surface area (TPSA) is 30.7 Å². The SMILES string of the molecule is Cc1ncn(Cc2nccs2)c1C. The third kappa shape index (κ3) is 1.62. The van der Waals surface area contributed by atoms with E-state index < -0.39 is 0 Å². The summed E-state index contributed by atoms with van der Waals surface area (Å²) in [5, 5.41) is 3.12. The Morgan fingerprint density at radius 3 is 2.77 bits per heavy atom. The Morgan fingerprint density at radius 1 is 1.38 bits per heavy atom. The van der Waals surface area contributed by atoms with E-state index in [4.69, 9.17) is 0 Å².